The second kappa shape index (κ2) is 3.45. The van der Waals surface area contributed by atoms with Crippen LogP contribution >= 0.6 is 0 Å². The van der Waals surface area contributed by atoms with E-state index in [9.17, 15) is 18.0 Å². The maximum Gasteiger partial charge on any atom is 0.407 e. The van der Waals surface area contributed by atoms with Gasteiger partial charge in [0.2, 0.25) is 0 Å². The van der Waals surface area contributed by atoms with Crippen molar-refractivity contribution in [2.24, 2.45) is 0 Å². The Bertz CT molecular complexity index is 422. The van der Waals surface area contributed by atoms with Gasteiger partial charge in [-0.3, -0.25) is 0 Å². The molecule has 1 atom stereocenters. The van der Waals surface area contributed by atoms with Gasteiger partial charge in [0.15, 0.2) is 11.6 Å². The minimum Gasteiger partial charge on any atom is -0.447 e. The lowest BCUT2D eigenvalue weighted by atomic mass is 10.1. The summed E-state index contributed by atoms with van der Waals surface area (Å²) in [6.45, 7) is -0.140. The van der Waals surface area contributed by atoms with E-state index in [1.165, 1.54) is 0 Å². The third-order valence-electron chi connectivity index (χ3n) is 2.07. The van der Waals surface area contributed by atoms with E-state index in [0.29, 0.717) is 6.07 Å². The van der Waals surface area contributed by atoms with Crippen molar-refractivity contribution in [1.29, 1.82) is 0 Å². The quantitative estimate of drug-likeness (QED) is 0.729. The molecular weight excluding hydrogens is 211 g/mol. The molecule has 1 aliphatic rings. The molecule has 0 bridgehead atoms. The normalized spacial score (nSPS) is 19.9. The van der Waals surface area contributed by atoms with Crippen molar-refractivity contribution in [2.45, 2.75) is 6.04 Å². The Morgan fingerprint density at radius 1 is 1.33 bits per heavy atom. The highest BCUT2D eigenvalue weighted by Crippen LogP contribution is 2.23. The average Bonchev–Trinajstić information content (AvgIpc) is 2.58. The number of carbonyl (C=O) groups is 1. The van der Waals surface area contributed by atoms with Gasteiger partial charge in [0.25, 0.3) is 0 Å². The van der Waals surface area contributed by atoms with Crippen LogP contribution in [-0.4, -0.2) is 12.7 Å². The summed E-state index contributed by atoms with van der Waals surface area (Å²) in [5.41, 5.74) is -0.252. The molecule has 1 N–H and O–H groups in total. The number of hydrogen-bond acceptors (Lipinski definition) is 2. The lowest BCUT2D eigenvalue weighted by Crippen LogP contribution is -2.20. The van der Waals surface area contributed by atoms with Gasteiger partial charge in [-0.25, -0.2) is 18.0 Å². The second-order valence-electron chi connectivity index (χ2n) is 3.09. The van der Waals surface area contributed by atoms with Gasteiger partial charge in [-0.05, 0) is 6.07 Å². The molecule has 0 unspecified atom stereocenters. The SMILES string of the molecule is O=C1N[C@@H](c2cc(F)cc(F)c2F)CO1. The summed E-state index contributed by atoms with van der Waals surface area (Å²) in [6, 6.07) is 0.428. The first-order chi connectivity index (χ1) is 7.08. The van der Waals surface area contributed by atoms with E-state index in [1.807, 2.05) is 0 Å². The number of benzene rings is 1. The Kier molecular flexibility index (Phi) is 2.26. The first kappa shape index (κ1) is 9.82. The largest absolute Gasteiger partial charge is 0.447 e. The van der Waals surface area contributed by atoms with E-state index in [2.05, 4.69) is 10.1 Å². The van der Waals surface area contributed by atoms with Crippen molar-refractivity contribution in [3.63, 3.8) is 0 Å². The van der Waals surface area contributed by atoms with Gasteiger partial charge < -0.3 is 10.1 Å². The molecule has 1 heterocycles. The molecule has 0 saturated carbocycles. The number of carbonyl (C=O) groups excluding carboxylic acids is 1. The van der Waals surface area contributed by atoms with E-state index < -0.39 is 29.6 Å². The monoisotopic (exact) mass is 217 g/mol. The van der Waals surface area contributed by atoms with Crippen LogP contribution in [0.2, 0.25) is 0 Å². The summed E-state index contributed by atoms with van der Waals surface area (Å²) in [5, 5.41) is 2.23. The molecule has 2 rings (SSSR count). The van der Waals surface area contributed by atoms with Gasteiger partial charge in [-0.15, -0.1) is 0 Å². The topological polar surface area (TPSA) is 38.3 Å². The molecule has 1 aromatic carbocycles. The van der Waals surface area contributed by atoms with Crippen LogP contribution in [0.15, 0.2) is 12.1 Å². The molecule has 1 aliphatic heterocycles. The van der Waals surface area contributed by atoms with Crippen LogP contribution in [0.25, 0.3) is 0 Å². The number of rotatable bonds is 1. The van der Waals surface area contributed by atoms with Gasteiger partial charge in [-0.2, -0.15) is 0 Å². The molecule has 80 valence electrons. The fourth-order valence-electron chi connectivity index (χ4n) is 1.38. The molecule has 0 spiro atoms. The lowest BCUT2D eigenvalue weighted by molar-refractivity contribution is 0.176. The summed E-state index contributed by atoms with van der Waals surface area (Å²) in [6.07, 6.45) is -0.732. The maximum absolute atomic E-state index is 13.2. The summed E-state index contributed by atoms with van der Waals surface area (Å²) < 4.78 is 43.3. The van der Waals surface area contributed by atoms with Crippen molar-refractivity contribution in [1.82, 2.24) is 5.32 Å². The molecule has 15 heavy (non-hydrogen) atoms. The molecule has 3 nitrogen and oxygen atoms in total. The Morgan fingerprint density at radius 2 is 2.07 bits per heavy atom. The third kappa shape index (κ3) is 1.74. The van der Waals surface area contributed by atoms with Crippen molar-refractivity contribution < 1.29 is 22.7 Å². The van der Waals surface area contributed by atoms with Crippen molar-refractivity contribution in [3.05, 3.63) is 35.1 Å². The summed E-state index contributed by atoms with van der Waals surface area (Å²) in [5.74, 6) is -3.36. The van der Waals surface area contributed by atoms with Crippen LogP contribution in [0, 0.1) is 17.5 Å². The zero-order valence-corrected chi connectivity index (χ0v) is 7.39. The first-order valence-corrected chi connectivity index (χ1v) is 4.15. The predicted octanol–water partition coefficient (Wildman–Crippen LogP) is 1.88. The van der Waals surface area contributed by atoms with Crippen molar-refractivity contribution in [3.8, 4) is 0 Å². The molecule has 1 amide bonds. The maximum atomic E-state index is 13.2. The van der Waals surface area contributed by atoms with Crippen molar-refractivity contribution in [2.75, 3.05) is 6.61 Å². The minimum absolute atomic E-state index is 0.140. The van der Waals surface area contributed by atoms with Crippen LogP contribution < -0.4 is 5.32 Å². The Morgan fingerprint density at radius 3 is 2.67 bits per heavy atom. The number of amides is 1. The standard InChI is InChI=1S/C9H6F3NO2/c10-4-1-5(8(12)6(11)2-4)7-3-15-9(14)13-7/h1-2,7H,3H2,(H,13,14)/t7-/m1/s1. The van der Waals surface area contributed by atoms with E-state index in [0.717, 1.165) is 6.07 Å². The van der Waals surface area contributed by atoms with Gasteiger partial charge >= 0.3 is 6.09 Å². The summed E-state index contributed by atoms with van der Waals surface area (Å²) in [4.78, 5) is 10.7. The van der Waals surface area contributed by atoms with Gasteiger partial charge in [-0.1, -0.05) is 0 Å². The van der Waals surface area contributed by atoms with Crippen LogP contribution in [0.5, 0.6) is 0 Å². The van der Waals surface area contributed by atoms with E-state index in [-0.39, 0.29) is 12.2 Å². The van der Waals surface area contributed by atoms with Crippen LogP contribution in [0.4, 0.5) is 18.0 Å². The number of nitrogens with one attached hydrogen (secondary N) is 1. The van der Waals surface area contributed by atoms with E-state index >= 15 is 0 Å². The highest BCUT2D eigenvalue weighted by molar-refractivity contribution is 5.70. The highest BCUT2D eigenvalue weighted by Gasteiger charge is 2.28. The molecule has 0 aromatic heterocycles. The fraction of sp³-hybridized carbons (Fsp3) is 0.222. The van der Waals surface area contributed by atoms with E-state index in [1.54, 1.807) is 0 Å². The van der Waals surface area contributed by atoms with Crippen LogP contribution in [0.1, 0.15) is 11.6 Å². The molecule has 1 fully saturated rings. The zero-order chi connectivity index (χ0) is 11.0. The number of cyclic esters (lactones) is 1. The Labute approximate surface area is 82.8 Å². The van der Waals surface area contributed by atoms with Gasteiger partial charge in [0.1, 0.15) is 12.4 Å². The fourth-order valence-corrected chi connectivity index (χ4v) is 1.38. The predicted molar refractivity (Wildman–Crippen MR) is 43.5 cm³/mol. The summed E-state index contributed by atoms with van der Waals surface area (Å²) in [7, 11) is 0. The molecule has 1 aromatic rings. The van der Waals surface area contributed by atoms with Gasteiger partial charge in [0, 0.05) is 11.6 Å². The van der Waals surface area contributed by atoms with Gasteiger partial charge in [0.05, 0.1) is 6.04 Å². The Hall–Kier alpha value is -1.72. The summed E-state index contributed by atoms with van der Waals surface area (Å²) >= 11 is 0. The number of ether oxygens (including phenoxy) is 1. The third-order valence-corrected chi connectivity index (χ3v) is 2.07. The lowest BCUT2D eigenvalue weighted by Gasteiger charge is -2.09. The van der Waals surface area contributed by atoms with Crippen molar-refractivity contribution >= 4 is 6.09 Å². The number of alkyl carbamates (subject to hydrolysis) is 1. The van der Waals surface area contributed by atoms with E-state index in [4.69, 9.17) is 0 Å². The molecule has 1 saturated heterocycles. The Balaban J connectivity index is 2.39. The molecular formula is C9H6F3NO2. The van der Waals surface area contributed by atoms with Crippen LogP contribution in [0.3, 0.4) is 0 Å². The highest BCUT2D eigenvalue weighted by atomic mass is 19.2. The minimum atomic E-state index is -1.29. The smallest absolute Gasteiger partial charge is 0.407 e. The molecule has 6 heteroatoms. The number of halogens is 3. The number of hydrogen-bond donors (Lipinski definition) is 1. The molecule has 0 aliphatic carbocycles. The first-order valence-electron chi connectivity index (χ1n) is 4.15. The van der Waals surface area contributed by atoms with Crippen LogP contribution in [-0.2, 0) is 4.74 Å². The molecule has 0 radical (unpaired) electrons. The second-order valence-corrected chi connectivity index (χ2v) is 3.09. The zero-order valence-electron chi connectivity index (χ0n) is 7.39. The average molecular weight is 217 g/mol.